The molecule has 1 amide bonds. The van der Waals surface area contributed by atoms with Crippen LogP contribution in [0.15, 0.2) is 122 Å². The van der Waals surface area contributed by atoms with Crippen LogP contribution in [0.1, 0.15) is 39.7 Å². The molecule has 0 saturated carbocycles. The van der Waals surface area contributed by atoms with E-state index in [1.165, 1.54) is 6.33 Å². The van der Waals surface area contributed by atoms with Crippen LogP contribution in [0.4, 0.5) is 5.82 Å². The van der Waals surface area contributed by atoms with E-state index in [2.05, 4.69) is 20.3 Å². The molecule has 52 heavy (non-hydrogen) atoms. The zero-order valence-electron chi connectivity index (χ0n) is 28.2. The Morgan fingerprint density at radius 3 is 2.06 bits per heavy atom. The molecule has 3 heterocycles. The van der Waals surface area contributed by atoms with Gasteiger partial charge in [-0.15, -0.1) is 0 Å². The van der Waals surface area contributed by atoms with Crippen LogP contribution in [0.3, 0.4) is 0 Å². The highest BCUT2D eigenvalue weighted by molar-refractivity contribution is 8.25. The molecule has 1 saturated heterocycles. The van der Waals surface area contributed by atoms with Gasteiger partial charge in [-0.3, -0.25) is 9.36 Å². The second-order valence-electron chi connectivity index (χ2n) is 11.9. The Morgan fingerprint density at radius 2 is 1.46 bits per heavy atom. The standard InChI is InChI=1S/C38H34N5O7PS/c1-46-29-17-13-27(14-18-29)38(26-11-7-4-8-12-26,28-15-19-30(47-2)20-16-28)48-22-32-31(50-51(45)52)21-33(49-32)43-24-41-34-35(39-23-40-36(34)43)42-37(44)25-9-5-3-6-10-25/h3-20,23-24,31-33H,21-22H2,1-2H3,(H,39,40,42,44)/t31-,32+,33?/m0/s1. The second kappa shape index (κ2) is 15.6. The summed E-state index contributed by atoms with van der Waals surface area (Å²) in [5, 5.41) is 2.83. The first-order chi connectivity index (χ1) is 25.4. The van der Waals surface area contributed by atoms with Crippen LogP contribution >= 0.6 is 7.23 Å². The Kier molecular flexibility index (Phi) is 10.6. The number of aromatic nitrogens is 4. The Bertz CT molecular complexity index is 2110. The Hall–Kier alpha value is -5.17. The molecule has 14 heteroatoms. The number of amides is 1. The average Bonchev–Trinajstić information content (AvgIpc) is 3.80. The molecular weight excluding hydrogens is 701 g/mol. The van der Waals surface area contributed by atoms with Crippen molar-refractivity contribution in [3.8, 4) is 11.5 Å². The van der Waals surface area contributed by atoms with Gasteiger partial charge in [0.1, 0.15) is 41.9 Å². The smallest absolute Gasteiger partial charge is 0.372 e. The highest BCUT2D eigenvalue weighted by Gasteiger charge is 2.45. The molecule has 1 aliphatic heterocycles. The van der Waals surface area contributed by atoms with Crippen LogP contribution in [-0.4, -0.2) is 58.5 Å². The van der Waals surface area contributed by atoms with Crippen LogP contribution in [0, 0.1) is 0 Å². The summed E-state index contributed by atoms with van der Waals surface area (Å²) < 4.78 is 44.5. The Balaban J connectivity index is 1.22. The molecule has 4 aromatic carbocycles. The quantitative estimate of drug-likeness (QED) is 0.0748. The number of rotatable bonds is 13. The van der Waals surface area contributed by atoms with Crippen molar-refractivity contribution in [3.63, 3.8) is 0 Å². The number of benzene rings is 4. The molecule has 0 radical (unpaired) electrons. The predicted molar refractivity (Wildman–Crippen MR) is 196 cm³/mol. The predicted octanol–water partition coefficient (Wildman–Crippen LogP) is 6.98. The number of methoxy groups -OCH3 is 2. The van der Waals surface area contributed by atoms with Crippen LogP contribution in [0.5, 0.6) is 11.5 Å². The molecule has 264 valence electrons. The Labute approximate surface area is 306 Å². The second-order valence-corrected chi connectivity index (χ2v) is 13.5. The third-order valence-electron chi connectivity index (χ3n) is 8.98. The normalized spacial score (nSPS) is 17.5. The van der Waals surface area contributed by atoms with E-state index < -0.39 is 31.3 Å². The molecule has 2 aromatic heterocycles. The van der Waals surface area contributed by atoms with Gasteiger partial charge in [-0.05, 0) is 53.1 Å². The number of fused-ring (bicyclic) bond motifs is 1. The lowest BCUT2D eigenvalue weighted by atomic mass is 9.80. The summed E-state index contributed by atoms with van der Waals surface area (Å²) in [6.07, 6.45) is 1.15. The Morgan fingerprint density at radius 1 is 0.865 bits per heavy atom. The number of ether oxygens (including phenoxy) is 4. The van der Waals surface area contributed by atoms with Gasteiger partial charge in [0.05, 0.1) is 27.2 Å². The highest BCUT2D eigenvalue weighted by atomic mass is 32.7. The molecule has 1 fully saturated rings. The maximum absolute atomic E-state index is 12.9. The summed E-state index contributed by atoms with van der Waals surface area (Å²) in [7, 11) is 0.843. The molecule has 7 rings (SSSR count). The van der Waals surface area contributed by atoms with Crippen molar-refractivity contribution in [2.45, 2.75) is 30.5 Å². The molecular formula is C38H34N5O7PS. The van der Waals surface area contributed by atoms with Crippen molar-refractivity contribution in [2.24, 2.45) is 0 Å². The summed E-state index contributed by atoms with van der Waals surface area (Å²) in [5.74, 6) is 1.32. The minimum atomic E-state index is -2.40. The van der Waals surface area contributed by atoms with Gasteiger partial charge in [-0.25, -0.2) is 15.0 Å². The van der Waals surface area contributed by atoms with Gasteiger partial charge in [-0.2, -0.15) is 4.52 Å². The van der Waals surface area contributed by atoms with Gasteiger partial charge in [-0.1, -0.05) is 77.4 Å². The van der Waals surface area contributed by atoms with Gasteiger partial charge in [0.2, 0.25) is 0 Å². The third kappa shape index (κ3) is 7.14. The molecule has 0 spiro atoms. The third-order valence-corrected chi connectivity index (χ3v) is 9.68. The van der Waals surface area contributed by atoms with Crippen molar-refractivity contribution in [1.29, 1.82) is 0 Å². The van der Waals surface area contributed by atoms with Crippen LogP contribution < -0.4 is 14.8 Å². The van der Waals surface area contributed by atoms with Gasteiger partial charge in [0.25, 0.3) is 5.91 Å². The summed E-state index contributed by atoms with van der Waals surface area (Å²) in [5.41, 5.74) is 2.72. The molecule has 1 N–H and O–H groups in total. The summed E-state index contributed by atoms with van der Waals surface area (Å²) in [4.78, 5) is 26.2. The average molecular weight is 736 g/mol. The first-order valence-corrected chi connectivity index (χ1v) is 18.6. The van der Waals surface area contributed by atoms with Crippen molar-refractivity contribution < 1.29 is 32.8 Å². The van der Waals surface area contributed by atoms with E-state index in [4.69, 9.17) is 35.7 Å². The highest BCUT2D eigenvalue weighted by Crippen LogP contribution is 2.44. The van der Waals surface area contributed by atoms with Gasteiger partial charge in [0, 0.05) is 12.0 Å². The number of carbonyl (C=O) groups is 1. The minimum Gasteiger partial charge on any atom is -0.497 e. The fraction of sp³-hybridized carbons (Fsp3) is 0.211. The number of hydrogen-bond acceptors (Lipinski definition) is 11. The fourth-order valence-corrected chi connectivity index (χ4v) is 7.22. The van der Waals surface area contributed by atoms with Gasteiger partial charge >= 0.3 is 7.23 Å². The van der Waals surface area contributed by atoms with E-state index in [9.17, 15) is 9.36 Å². The SMILES string of the molecule is COc1ccc(C(OC[C@H]2OC(n3cnc4c(NC(=O)c5ccccc5)ncnc43)C[C@@H]2O[P+](=O)[S-])(c2ccccc2)c2ccc(OC)cc2)cc1. The van der Waals surface area contributed by atoms with Gasteiger partial charge in [0.15, 0.2) is 17.0 Å². The van der Waals surface area contributed by atoms with E-state index in [1.807, 2.05) is 84.9 Å². The first-order valence-electron chi connectivity index (χ1n) is 16.4. The largest absolute Gasteiger partial charge is 0.497 e. The van der Waals surface area contributed by atoms with Crippen molar-refractivity contribution in [3.05, 3.63) is 144 Å². The van der Waals surface area contributed by atoms with E-state index in [-0.39, 0.29) is 24.8 Å². The first kappa shape index (κ1) is 35.2. The van der Waals surface area contributed by atoms with Crippen LogP contribution in [0.2, 0.25) is 0 Å². The maximum atomic E-state index is 12.9. The molecule has 4 atom stereocenters. The minimum absolute atomic E-state index is 0.0205. The molecule has 0 bridgehead atoms. The number of nitrogens with one attached hydrogen (secondary N) is 1. The lowest BCUT2D eigenvalue weighted by Gasteiger charge is -2.37. The summed E-state index contributed by atoms with van der Waals surface area (Å²) in [6, 6.07) is 34.1. The monoisotopic (exact) mass is 735 g/mol. The van der Waals surface area contributed by atoms with Crippen molar-refractivity contribution in [2.75, 3.05) is 26.1 Å². The fourth-order valence-electron chi connectivity index (χ4n) is 6.45. The van der Waals surface area contributed by atoms with E-state index in [0.29, 0.717) is 28.2 Å². The van der Waals surface area contributed by atoms with E-state index in [1.54, 1.807) is 49.4 Å². The van der Waals surface area contributed by atoms with Crippen LogP contribution in [0.25, 0.3) is 11.2 Å². The zero-order chi connectivity index (χ0) is 36.1. The summed E-state index contributed by atoms with van der Waals surface area (Å²) >= 11 is 5.00. The molecule has 2 unspecified atom stereocenters. The summed E-state index contributed by atoms with van der Waals surface area (Å²) in [6.45, 7) is 0.0205. The van der Waals surface area contributed by atoms with Crippen LogP contribution in [-0.2, 0) is 36.4 Å². The topological polar surface area (TPSA) is 136 Å². The number of anilines is 1. The van der Waals surface area contributed by atoms with Crippen molar-refractivity contribution in [1.82, 2.24) is 19.5 Å². The van der Waals surface area contributed by atoms with E-state index >= 15 is 0 Å². The molecule has 12 nitrogen and oxygen atoms in total. The number of carbonyl (C=O) groups excluding carboxylic acids is 1. The molecule has 1 aliphatic rings. The lowest BCUT2D eigenvalue weighted by Crippen LogP contribution is -2.38. The molecule has 6 aromatic rings. The maximum Gasteiger partial charge on any atom is 0.372 e. The lowest BCUT2D eigenvalue weighted by molar-refractivity contribution is -0.0894. The van der Waals surface area contributed by atoms with E-state index in [0.717, 1.165) is 16.7 Å². The number of hydrogen-bond donors (Lipinski definition) is 1. The number of imidazole rings is 1. The molecule has 0 aliphatic carbocycles. The zero-order valence-corrected chi connectivity index (χ0v) is 29.9. The van der Waals surface area contributed by atoms with Gasteiger partial charge < -0.3 is 36.5 Å². The van der Waals surface area contributed by atoms with Crippen molar-refractivity contribution >= 4 is 42.4 Å². The number of nitrogens with zero attached hydrogens (tertiary/aromatic N) is 4.